The number of carbonyl (C=O) groups excluding carboxylic acids is 1. The van der Waals surface area contributed by atoms with Gasteiger partial charge in [0.2, 0.25) is 0 Å². The zero-order valence-electron chi connectivity index (χ0n) is 9.31. The first-order valence-corrected chi connectivity index (χ1v) is 5.47. The summed E-state index contributed by atoms with van der Waals surface area (Å²) in [6.45, 7) is 0. The summed E-state index contributed by atoms with van der Waals surface area (Å²) in [4.78, 5) is 19.0. The van der Waals surface area contributed by atoms with E-state index < -0.39 is 0 Å². The van der Waals surface area contributed by atoms with Crippen molar-refractivity contribution in [3.8, 4) is 5.75 Å². The van der Waals surface area contributed by atoms with Crippen LogP contribution in [-0.4, -0.2) is 43.0 Å². The van der Waals surface area contributed by atoms with Crippen LogP contribution in [0.3, 0.4) is 0 Å². The van der Waals surface area contributed by atoms with Crippen molar-refractivity contribution in [1.82, 2.24) is 9.97 Å². The Morgan fingerprint density at radius 1 is 1.50 bits per heavy atom. The number of hydrogen-bond donors (Lipinski definition) is 1. The molecule has 0 radical (unpaired) electrons. The zero-order chi connectivity index (χ0) is 12.0. The van der Waals surface area contributed by atoms with Gasteiger partial charge >= 0.3 is 5.97 Å². The van der Waals surface area contributed by atoms with Crippen molar-refractivity contribution in [2.45, 2.75) is 5.03 Å². The van der Waals surface area contributed by atoms with Crippen molar-refractivity contribution in [3.05, 3.63) is 6.33 Å². The van der Waals surface area contributed by atoms with E-state index in [9.17, 15) is 4.79 Å². The lowest BCUT2D eigenvalue weighted by Crippen LogP contribution is -2.05. The molecule has 7 heteroatoms. The van der Waals surface area contributed by atoms with Gasteiger partial charge in [-0.2, -0.15) is 0 Å². The molecule has 0 saturated heterocycles. The van der Waals surface area contributed by atoms with Crippen LogP contribution in [0.15, 0.2) is 11.4 Å². The van der Waals surface area contributed by atoms with Gasteiger partial charge in [0.15, 0.2) is 11.6 Å². The summed E-state index contributed by atoms with van der Waals surface area (Å²) in [7, 11) is 4.61. The summed E-state index contributed by atoms with van der Waals surface area (Å²) in [6.07, 6.45) is 1.41. The number of aromatic nitrogens is 2. The molecule has 0 atom stereocenters. The fourth-order valence-corrected chi connectivity index (χ4v) is 1.81. The molecule has 1 aromatic rings. The van der Waals surface area contributed by atoms with Crippen LogP contribution < -0.4 is 10.1 Å². The molecular weight excluding hydrogens is 230 g/mol. The molecule has 0 aliphatic heterocycles. The standard InChI is InChI=1S/C9H13N3O3S/c1-10-8-7(15-3)9(12-5-11-8)16-4-6(13)14-2/h5H,4H2,1-3H3,(H,10,11,12). The summed E-state index contributed by atoms with van der Waals surface area (Å²) < 4.78 is 9.72. The van der Waals surface area contributed by atoms with E-state index in [4.69, 9.17) is 4.74 Å². The van der Waals surface area contributed by atoms with Crippen LogP contribution in [0.25, 0.3) is 0 Å². The molecule has 0 saturated carbocycles. The Kier molecular flexibility index (Phi) is 4.84. The topological polar surface area (TPSA) is 73.3 Å². The Hall–Kier alpha value is -1.50. The second-order valence-electron chi connectivity index (χ2n) is 2.68. The first kappa shape index (κ1) is 12.6. The Balaban J connectivity index is 2.82. The van der Waals surface area contributed by atoms with Crippen molar-refractivity contribution in [2.75, 3.05) is 32.3 Å². The van der Waals surface area contributed by atoms with Crippen LogP contribution in [0.4, 0.5) is 5.82 Å². The van der Waals surface area contributed by atoms with E-state index in [1.165, 1.54) is 32.3 Å². The summed E-state index contributed by atoms with van der Waals surface area (Å²) in [5.74, 6) is 0.993. The first-order valence-electron chi connectivity index (χ1n) is 4.49. The second kappa shape index (κ2) is 6.16. The van der Waals surface area contributed by atoms with Crippen LogP contribution in [0, 0.1) is 0 Å². The molecule has 0 aliphatic rings. The van der Waals surface area contributed by atoms with E-state index >= 15 is 0 Å². The van der Waals surface area contributed by atoms with Gasteiger partial charge in [-0.3, -0.25) is 4.79 Å². The molecule has 0 amide bonds. The van der Waals surface area contributed by atoms with Gasteiger partial charge < -0.3 is 14.8 Å². The van der Waals surface area contributed by atoms with E-state index in [0.717, 1.165) is 0 Å². The van der Waals surface area contributed by atoms with Gasteiger partial charge in [-0.1, -0.05) is 11.8 Å². The van der Waals surface area contributed by atoms with Gasteiger partial charge in [0.05, 0.1) is 20.0 Å². The SMILES string of the molecule is CNc1ncnc(SCC(=O)OC)c1OC. The number of esters is 1. The summed E-state index contributed by atoms with van der Waals surface area (Å²) in [5.41, 5.74) is 0. The number of thioether (sulfide) groups is 1. The number of methoxy groups -OCH3 is 2. The minimum absolute atomic E-state index is 0.188. The molecule has 0 aliphatic carbocycles. The summed E-state index contributed by atoms with van der Waals surface area (Å²) >= 11 is 1.24. The van der Waals surface area contributed by atoms with E-state index in [-0.39, 0.29) is 11.7 Å². The smallest absolute Gasteiger partial charge is 0.316 e. The van der Waals surface area contributed by atoms with Crippen LogP contribution in [0.5, 0.6) is 5.75 Å². The van der Waals surface area contributed by atoms with Gasteiger partial charge in [0.1, 0.15) is 11.4 Å². The molecule has 1 aromatic heterocycles. The number of ether oxygens (including phenoxy) is 2. The maximum absolute atomic E-state index is 11.0. The molecule has 0 aromatic carbocycles. The van der Waals surface area contributed by atoms with Crippen LogP contribution in [0.2, 0.25) is 0 Å². The highest BCUT2D eigenvalue weighted by Gasteiger charge is 2.13. The van der Waals surface area contributed by atoms with E-state index in [2.05, 4.69) is 20.0 Å². The predicted octanol–water partition coefficient (Wildman–Crippen LogP) is 0.792. The Bertz CT molecular complexity index is 373. The monoisotopic (exact) mass is 243 g/mol. The lowest BCUT2D eigenvalue weighted by atomic mass is 10.5. The molecule has 0 bridgehead atoms. The number of anilines is 1. The first-order chi connectivity index (χ1) is 7.72. The van der Waals surface area contributed by atoms with Crippen molar-refractivity contribution in [1.29, 1.82) is 0 Å². The van der Waals surface area contributed by atoms with Gasteiger partial charge in [-0.15, -0.1) is 0 Å². The number of nitrogens with one attached hydrogen (secondary N) is 1. The summed E-state index contributed by atoms with van der Waals surface area (Å²) in [6, 6.07) is 0. The number of carbonyl (C=O) groups is 1. The Morgan fingerprint density at radius 3 is 2.81 bits per heavy atom. The third kappa shape index (κ3) is 2.99. The van der Waals surface area contributed by atoms with Crippen LogP contribution >= 0.6 is 11.8 Å². The van der Waals surface area contributed by atoms with Crippen LogP contribution in [0.1, 0.15) is 0 Å². The Labute approximate surface area is 97.8 Å². The molecule has 16 heavy (non-hydrogen) atoms. The van der Waals surface area contributed by atoms with E-state index in [0.29, 0.717) is 16.6 Å². The normalized spacial score (nSPS) is 9.69. The number of nitrogens with zero attached hydrogens (tertiary/aromatic N) is 2. The minimum atomic E-state index is -0.309. The zero-order valence-corrected chi connectivity index (χ0v) is 10.1. The van der Waals surface area contributed by atoms with Crippen molar-refractivity contribution in [2.24, 2.45) is 0 Å². The predicted molar refractivity (Wildman–Crippen MR) is 60.9 cm³/mol. The highest BCUT2D eigenvalue weighted by atomic mass is 32.2. The van der Waals surface area contributed by atoms with Crippen LogP contribution in [-0.2, 0) is 9.53 Å². The van der Waals surface area contributed by atoms with Gasteiger partial charge in [0, 0.05) is 7.05 Å². The number of hydrogen-bond acceptors (Lipinski definition) is 7. The Morgan fingerprint density at radius 2 is 2.25 bits per heavy atom. The average Bonchev–Trinajstić information content (AvgIpc) is 2.34. The minimum Gasteiger partial charge on any atom is -0.490 e. The maximum Gasteiger partial charge on any atom is 0.316 e. The molecule has 6 nitrogen and oxygen atoms in total. The molecule has 88 valence electrons. The highest BCUT2D eigenvalue weighted by Crippen LogP contribution is 2.31. The van der Waals surface area contributed by atoms with Gasteiger partial charge in [-0.25, -0.2) is 9.97 Å². The van der Waals surface area contributed by atoms with E-state index in [1.807, 2.05) is 0 Å². The quantitative estimate of drug-likeness (QED) is 0.465. The average molecular weight is 243 g/mol. The third-order valence-electron chi connectivity index (χ3n) is 1.77. The highest BCUT2D eigenvalue weighted by molar-refractivity contribution is 8.00. The molecule has 0 fully saturated rings. The molecule has 0 unspecified atom stereocenters. The number of rotatable bonds is 5. The second-order valence-corrected chi connectivity index (χ2v) is 3.64. The fourth-order valence-electron chi connectivity index (χ4n) is 1.01. The van der Waals surface area contributed by atoms with E-state index in [1.54, 1.807) is 7.05 Å². The lowest BCUT2D eigenvalue weighted by Gasteiger charge is -2.09. The third-order valence-corrected chi connectivity index (χ3v) is 2.71. The fraction of sp³-hybridized carbons (Fsp3) is 0.444. The molecule has 1 heterocycles. The lowest BCUT2D eigenvalue weighted by molar-refractivity contribution is -0.137. The van der Waals surface area contributed by atoms with Gasteiger partial charge in [-0.05, 0) is 0 Å². The van der Waals surface area contributed by atoms with Crippen molar-refractivity contribution < 1.29 is 14.3 Å². The van der Waals surface area contributed by atoms with Crippen molar-refractivity contribution >= 4 is 23.5 Å². The maximum atomic E-state index is 11.0. The summed E-state index contributed by atoms with van der Waals surface area (Å²) in [5, 5.41) is 3.49. The molecule has 0 spiro atoms. The molecular formula is C9H13N3O3S. The largest absolute Gasteiger partial charge is 0.490 e. The molecule has 1 rings (SSSR count). The van der Waals surface area contributed by atoms with Gasteiger partial charge in [0.25, 0.3) is 0 Å². The molecule has 1 N–H and O–H groups in total. The van der Waals surface area contributed by atoms with Crippen molar-refractivity contribution in [3.63, 3.8) is 0 Å².